The van der Waals surface area contributed by atoms with Crippen molar-refractivity contribution < 1.29 is 57.1 Å². The van der Waals surface area contributed by atoms with Gasteiger partial charge in [0.05, 0.1) is 0 Å². The molecule has 0 heterocycles. The number of rotatable bonds is 7. The summed E-state index contributed by atoms with van der Waals surface area (Å²) in [6.07, 6.45) is -9.90. The molecule has 0 N–H and O–H groups in total. The first kappa shape index (κ1) is 24.8. The Morgan fingerprint density at radius 1 is 0.600 bits per heavy atom. The minimum absolute atomic E-state index is 0.347. The van der Waals surface area contributed by atoms with Gasteiger partial charge in [0.2, 0.25) is 0 Å². The average molecular weight is 516 g/mol. The third-order valence-corrected chi connectivity index (χ3v) is 4.47. The first-order valence-corrected chi connectivity index (χ1v) is 7.24. The van der Waals surface area contributed by atoms with Gasteiger partial charge in [0.15, 0.2) is 0 Å². The molecule has 0 aromatic heterocycles. The van der Waals surface area contributed by atoms with Crippen LogP contribution in [0.2, 0.25) is 0 Å². The zero-order chi connectivity index (χ0) is 20.9. The monoisotopic (exact) mass is 516 g/mol. The largest absolute Gasteiger partial charge is 0.460 e. The van der Waals surface area contributed by atoms with Crippen molar-refractivity contribution in [3.63, 3.8) is 0 Å². The predicted octanol–water partition coefficient (Wildman–Crippen LogP) is 6.72. The van der Waals surface area contributed by atoms with Crippen LogP contribution in [-0.2, 0) is 0 Å². The highest BCUT2D eigenvalue weighted by atomic mass is 127. The van der Waals surface area contributed by atoms with Crippen molar-refractivity contribution in [1.82, 2.24) is 0 Å². The Kier molecular flexibility index (Phi) is 6.41. The summed E-state index contributed by atoms with van der Waals surface area (Å²) in [4.78, 5) is 0. The lowest BCUT2D eigenvalue weighted by Crippen LogP contribution is -2.70. The third-order valence-electron chi connectivity index (χ3n) is 3.33. The van der Waals surface area contributed by atoms with Crippen LogP contribution in [0.25, 0.3) is 0 Å². The summed E-state index contributed by atoms with van der Waals surface area (Å²) in [6, 6.07) is 0. The molecule has 152 valence electrons. The molecule has 1 atom stereocenters. The van der Waals surface area contributed by atoms with Gasteiger partial charge in [-0.1, -0.05) is 36.4 Å². The molecule has 0 bridgehead atoms. The molecule has 0 aromatic rings. The van der Waals surface area contributed by atoms with Crippen molar-refractivity contribution in [3.8, 4) is 0 Å². The summed E-state index contributed by atoms with van der Waals surface area (Å²) in [6.45, 7) is 1.99. The first-order valence-electron chi connectivity index (χ1n) is 6.16. The zero-order valence-corrected chi connectivity index (χ0v) is 14.4. The summed E-state index contributed by atoms with van der Waals surface area (Å²) in [5.74, 6) is -36.4. The van der Waals surface area contributed by atoms with Gasteiger partial charge in [-0.2, -0.15) is 57.1 Å². The number of alkyl halides is 14. The van der Waals surface area contributed by atoms with E-state index in [1.807, 2.05) is 0 Å². The highest BCUT2D eigenvalue weighted by Crippen LogP contribution is 2.61. The van der Waals surface area contributed by atoms with E-state index >= 15 is 0 Å². The normalized spacial score (nSPS) is 18.2. The van der Waals surface area contributed by atoms with Gasteiger partial charge in [0, 0.05) is 9.84 Å². The Hall–Kier alpha value is -0.180. The van der Waals surface area contributed by atoms with Crippen LogP contribution in [0.5, 0.6) is 0 Å². The van der Waals surface area contributed by atoms with Crippen molar-refractivity contribution in [1.29, 1.82) is 0 Å². The Bertz CT molecular complexity index is 477. The van der Waals surface area contributed by atoms with Crippen LogP contribution < -0.4 is 0 Å². The molecule has 0 radical (unpaired) electrons. The Morgan fingerprint density at radius 2 is 0.920 bits per heavy atom. The maximum absolute atomic E-state index is 13.5. The van der Waals surface area contributed by atoms with Gasteiger partial charge in [-0.15, -0.1) is 0 Å². The van der Waals surface area contributed by atoms with Crippen molar-refractivity contribution in [2.75, 3.05) is 0 Å². The molecule has 0 aliphatic heterocycles. The Labute approximate surface area is 146 Å². The van der Waals surface area contributed by atoms with E-state index in [0.29, 0.717) is 0 Å². The minimum Gasteiger partial charge on any atom is -0.200 e. The number of hydrogen-bond acceptors (Lipinski definition) is 0. The fourth-order valence-electron chi connectivity index (χ4n) is 1.50. The molecule has 0 saturated heterocycles. The quantitative estimate of drug-likeness (QED) is 0.200. The standard InChI is InChI=1S/C11H10F13I/c1-3-5(2,25)4-6(12,13)7(14,15)8(16,17)9(18,19)10(20,21)11(22,23)24/h3-4H2,1-2H3. The fraction of sp³-hybridized carbons (Fsp3) is 1.00. The van der Waals surface area contributed by atoms with Crippen LogP contribution in [0.4, 0.5) is 57.1 Å². The van der Waals surface area contributed by atoms with E-state index in [9.17, 15) is 57.1 Å². The van der Waals surface area contributed by atoms with Crippen LogP contribution in [0.15, 0.2) is 0 Å². The highest BCUT2D eigenvalue weighted by molar-refractivity contribution is 14.1. The molecule has 0 rings (SSSR count). The fourth-order valence-corrected chi connectivity index (χ4v) is 1.98. The maximum Gasteiger partial charge on any atom is 0.460 e. The molecular formula is C11H10F13I. The second-order valence-corrected chi connectivity index (χ2v) is 8.05. The summed E-state index contributed by atoms with van der Waals surface area (Å²) < 4.78 is 165. The topological polar surface area (TPSA) is 0 Å². The van der Waals surface area contributed by atoms with Gasteiger partial charge in [-0.3, -0.25) is 0 Å². The highest BCUT2D eigenvalue weighted by Gasteiger charge is 2.90. The maximum atomic E-state index is 13.5. The van der Waals surface area contributed by atoms with E-state index in [1.165, 1.54) is 0 Å². The first-order chi connectivity index (χ1) is 10.5. The van der Waals surface area contributed by atoms with E-state index < -0.39 is 45.6 Å². The Balaban J connectivity index is 6.21. The van der Waals surface area contributed by atoms with Gasteiger partial charge in [0.25, 0.3) is 0 Å². The Morgan fingerprint density at radius 3 is 1.20 bits per heavy atom. The van der Waals surface area contributed by atoms with E-state index in [1.54, 1.807) is 0 Å². The van der Waals surface area contributed by atoms with E-state index in [0.717, 1.165) is 36.4 Å². The third kappa shape index (κ3) is 3.92. The molecule has 0 saturated carbocycles. The zero-order valence-electron chi connectivity index (χ0n) is 12.2. The lowest BCUT2D eigenvalue weighted by atomic mass is 9.89. The summed E-state index contributed by atoms with van der Waals surface area (Å²) in [5, 5.41) is 0. The summed E-state index contributed by atoms with van der Waals surface area (Å²) in [5.41, 5.74) is 0. The van der Waals surface area contributed by atoms with E-state index in [-0.39, 0.29) is 6.42 Å². The van der Waals surface area contributed by atoms with Gasteiger partial charge in [-0.25, -0.2) is 0 Å². The van der Waals surface area contributed by atoms with E-state index in [2.05, 4.69) is 0 Å². The lowest BCUT2D eigenvalue weighted by molar-refractivity contribution is -0.440. The molecule has 0 nitrogen and oxygen atoms in total. The minimum atomic E-state index is -7.83. The second-order valence-electron chi connectivity index (χ2n) is 5.44. The van der Waals surface area contributed by atoms with Gasteiger partial charge in [0.1, 0.15) is 0 Å². The molecule has 25 heavy (non-hydrogen) atoms. The van der Waals surface area contributed by atoms with Crippen molar-refractivity contribution in [2.45, 2.75) is 65.9 Å². The van der Waals surface area contributed by atoms with E-state index in [4.69, 9.17) is 0 Å². The number of hydrogen-bond donors (Lipinski definition) is 0. The summed E-state index contributed by atoms with van der Waals surface area (Å²) >= 11 is 1.11. The molecular weight excluding hydrogens is 506 g/mol. The molecule has 0 amide bonds. The van der Waals surface area contributed by atoms with Crippen LogP contribution in [0.3, 0.4) is 0 Å². The van der Waals surface area contributed by atoms with Crippen molar-refractivity contribution >= 4 is 22.6 Å². The molecule has 14 heteroatoms. The van der Waals surface area contributed by atoms with Crippen LogP contribution in [-0.4, -0.2) is 39.2 Å². The molecule has 0 spiro atoms. The average Bonchev–Trinajstić information content (AvgIpc) is 2.35. The van der Waals surface area contributed by atoms with Crippen LogP contribution in [0.1, 0.15) is 26.7 Å². The molecule has 0 aromatic carbocycles. The van der Waals surface area contributed by atoms with Crippen LogP contribution in [0, 0.1) is 0 Å². The lowest BCUT2D eigenvalue weighted by Gasteiger charge is -2.41. The van der Waals surface area contributed by atoms with Crippen LogP contribution >= 0.6 is 22.6 Å². The van der Waals surface area contributed by atoms with Gasteiger partial charge in [-0.05, 0) is 6.42 Å². The van der Waals surface area contributed by atoms with Gasteiger partial charge < -0.3 is 0 Å². The second kappa shape index (κ2) is 6.46. The van der Waals surface area contributed by atoms with Crippen molar-refractivity contribution in [3.05, 3.63) is 0 Å². The summed E-state index contributed by atoms with van der Waals surface area (Å²) in [7, 11) is 0. The molecule has 0 aliphatic rings. The van der Waals surface area contributed by atoms with Gasteiger partial charge >= 0.3 is 35.8 Å². The molecule has 1 unspecified atom stereocenters. The molecule has 0 aliphatic carbocycles. The number of halogens is 14. The smallest absolute Gasteiger partial charge is 0.200 e. The SMILES string of the molecule is CCC(C)(I)CC(F)(F)C(F)(F)C(F)(F)C(F)(F)C(F)(F)C(F)(F)F. The predicted molar refractivity (Wildman–Crippen MR) is 68.1 cm³/mol. The molecule has 0 fully saturated rings. The van der Waals surface area contributed by atoms with Crippen molar-refractivity contribution in [2.24, 2.45) is 0 Å².